The number of benzene rings is 1. The number of allylic oxidation sites excluding steroid dienone is 3. The van der Waals surface area contributed by atoms with Crippen LogP contribution in [0.4, 0.5) is 0 Å². The van der Waals surface area contributed by atoms with Crippen LogP contribution in [0.2, 0.25) is 0 Å². The van der Waals surface area contributed by atoms with Crippen LogP contribution in [0.5, 0.6) is 5.75 Å². The number of para-hydroxylation sites is 1. The minimum atomic E-state index is -0.849. The van der Waals surface area contributed by atoms with Crippen LogP contribution >= 0.6 is 0 Å². The average Bonchev–Trinajstić information content (AvgIpc) is 2.94. The summed E-state index contributed by atoms with van der Waals surface area (Å²) in [5, 5.41) is 28.9. The van der Waals surface area contributed by atoms with Crippen molar-refractivity contribution >= 4 is 11.8 Å². The normalized spacial score (nSPS) is 23.5. The Morgan fingerprint density at radius 1 is 1.25 bits per heavy atom. The molecule has 1 aromatic carbocycles. The van der Waals surface area contributed by atoms with Crippen molar-refractivity contribution in [3.63, 3.8) is 0 Å². The molecule has 152 valence electrons. The van der Waals surface area contributed by atoms with Gasteiger partial charge in [0, 0.05) is 24.7 Å². The van der Waals surface area contributed by atoms with Gasteiger partial charge in [0.05, 0.1) is 6.10 Å². The van der Waals surface area contributed by atoms with Crippen LogP contribution in [-0.2, 0) is 9.59 Å². The number of ketones is 1. The Morgan fingerprint density at radius 3 is 2.71 bits per heavy atom. The van der Waals surface area contributed by atoms with Gasteiger partial charge >= 0.3 is 5.97 Å². The number of hydrogen-bond donors (Lipinski definition) is 3. The third kappa shape index (κ3) is 7.29. The molecule has 0 saturated heterocycles. The van der Waals surface area contributed by atoms with Gasteiger partial charge in [-0.2, -0.15) is 0 Å². The third-order valence-electron chi connectivity index (χ3n) is 4.78. The summed E-state index contributed by atoms with van der Waals surface area (Å²) >= 11 is 0. The summed E-state index contributed by atoms with van der Waals surface area (Å²) in [6, 6.07) is 9.16. The number of hydrogen-bond acceptors (Lipinski definition) is 5. The fourth-order valence-corrected chi connectivity index (χ4v) is 3.27. The smallest absolute Gasteiger partial charge is 0.303 e. The van der Waals surface area contributed by atoms with E-state index in [9.17, 15) is 19.8 Å². The molecule has 0 heterocycles. The number of ether oxygens (including phenoxy) is 1. The van der Waals surface area contributed by atoms with Crippen molar-refractivity contribution in [2.45, 2.75) is 44.3 Å². The highest BCUT2D eigenvalue weighted by atomic mass is 16.5. The molecule has 0 unspecified atom stereocenters. The van der Waals surface area contributed by atoms with Crippen LogP contribution in [-0.4, -0.2) is 45.9 Å². The van der Waals surface area contributed by atoms with Gasteiger partial charge in [-0.3, -0.25) is 9.59 Å². The molecule has 0 spiro atoms. The molecule has 0 aliphatic heterocycles. The summed E-state index contributed by atoms with van der Waals surface area (Å²) in [6.07, 6.45) is 7.44. The van der Waals surface area contributed by atoms with E-state index in [4.69, 9.17) is 9.84 Å². The first-order valence-corrected chi connectivity index (χ1v) is 9.59. The highest BCUT2D eigenvalue weighted by Crippen LogP contribution is 2.33. The van der Waals surface area contributed by atoms with Gasteiger partial charge in [0.15, 0.2) is 0 Å². The number of unbranched alkanes of at least 4 members (excludes halogenated alkanes) is 1. The Hall–Kier alpha value is -2.44. The number of carboxylic acid groups (broad SMARTS) is 1. The summed E-state index contributed by atoms with van der Waals surface area (Å²) < 4.78 is 5.49. The van der Waals surface area contributed by atoms with Crippen molar-refractivity contribution in [1.82, 2.24) is 0 Å². The maximum Gasteiger partial charge on any atom is 0.303 e. The standard InChI is InChI=1S/C22H28O6/c23-16(15-28-17-8-4-3-5-9-17)12-13-19-18(20(24)14-21(19)25)10-6-1-2-7-11-22(26)27/h1,3-6,8-9,12-13,16,18-20,23-24H,2,7,10-11,14-15H2,(H,26,27)/t16-,18-,19-,20+/m1/s1. The first-order valence-electron chi connectivity index (χ1n) is 9.59. The number of carboxylic acids is 1. The minimum Gasteiger partial charge on any atom is -0.491 e. The van der Waals surface area contributed by atoms with Crippen LogP contribution in [0.25, 0.3) is 0 Å². The lowest BCUT2D eigenvalue weighted by Crippen LogP contribution is -2.20. The second-order valence-corrected chi connectivity index (χ2v) is 7.00. The van der Waals surface area contributed by atoms with E-state index in [-0.39, 0.29) is 31.1 Å². The monoisotopic (exact) mass is 388 g/mol. The number of aliphatic hydroxyl groups excluding tert-OH is 2. The van der Waals surface area contributed by atoms with Gasteiger partial charge in [-0.15, -0.1) is 0 Å². The second-order valence-electron chi connectivity index (χ2n) is 7.00. The number of carbonyl (C=O) groups excluding carboxylic acids is 1. The van der Waals surface area contributed by atoms with Crippen molar-refractivity contribution in [2.24, 2.45) is 11.8 Å². The lowest BCUT2D eigenvalue weighted by molar-refractivity contribution is -0.137. The molecule has 0 aromatic heterocycles. The van der Waals surface area contributed by atoms with Gasteiger partial charge in [0.2, 0.25) is 0 Å². The molecule has 1 aliphatic rings. The molecule has 28 heavy (non-hydrogen) atoms. The molecule has 3 N–H and O–H groups in total. The quantitative estimate of drug-likeness (QED) is 0.398. The van der Waals surface area contributed by atoms with Gasteiger partial charge in [-0.1, -0.05) is 42.5 Å². The first kappa shape index (κ1) is 21.9. The maximum atomic E-state index is 12.2. The number of Topliss-reactive ketones (excluding diaryl/α,β-unsaturated/α-hetero) is 1. The lowest BCUT2D eigenvalue weighted by Gasteiger charge is -2.17. The van der Waals surface area contributed by atoms with Gasteiger partial charge in [-0.25, -0.2) is 0 Å². The van der Waals surface area contributed by atoms with E-state index in [0.29, 0.717) is 25.0 Å². The van der Waals surface area contributed by atoms with E-state index < -0.39 is 24.1 Å². The average molecular weight is 388 g/mol. The van der Waals surface area contributed by atoms with Gasteiger partial charge < -0.3 is 20.1 Å². The molecule has 4 atom stereocenters. The highest BCUT2D eigenvalue weighted by molar-refractivity contribution is 5.86. The SMILES string of the molecule is O=C(O)CCCC=CC[C@H]1[C@@H](O)CC(=O)[C@@H]1C=C[C@@H](O)COc1ccccc1. The van der Waals surface area contributed by atoms with E-state index in [1.54, 1.807) is 24.3 Å². The zero-order valence-corrected chi connectivity index (χ0v) is 15.8. The van der Waals surface area contributed by atoms with Crippen LogP contribution < -0.4 is 4.74 Å². The fraction of sp³-hybridized carbons (Fsp3) is 0.455. The third-order valence-corrected chi connectivity index (χ3v) is 4.78. The first-order chi connectivity index (χ1) is 13.5. The molecule has 1 aromatic rings. The van der Waals surface area contributed by atoms with Crippen LogP contribution in [0.15, 0.2) is 54.6 Å². The Labute approximate surface area is 165 Å². The molecule has 2 rings (SSSR count). The van der Waals surface area contributed by atoms with Crippen molar-refractivity contribution in [2.75, 3.05) is 6.61 Å². The van der Waals surface area contributed by atoms with Crippen molar-refractivity contribution < 1.29 is 29.6 Å². The van der Waals surface area contributed by atoms with Crippen LogP contribution in [0.3, 0.4) is 0 Å². The van der Waals surface area contributed by atoms with Gasteiger partial charge in [0.25, 0.3) is 0 Å². The molecule has 1 saturated carbocycles. The number of carbonyl (C=O) groups is 2. The number of aliphatic carboxylic acids is 1. The Morgan fingerprint density at radius 2 is 2.00 bits per heavy atom. The largest absolute Gasteiger partial charge is 0.491 e. The number of rotatable bonds is 11. The van der Waals surface area contributed by atoms with E-state index in [0.717, 1.165) is 0 Å². The maximum absolute atomic E-state index is 12.2. The highest BCUT2D eigenvalue weighted by Gasteiger charge is 2.39. The lowest BCUT2D eigenvalue weighted by atomic mass is 9.90. The molecule has 0 radical (unpaired) electrons. The Balaban J connectivity index is 1.82. The van der Waals surface area contributed by atoms with Gasteiger partial charge in [0.1, 0.15) is 24.2 Å². The van der Waals surface area contributed by atoms with Crippen molar-refractivity contribution in [1.29, 1.82) is 0 Å². The van der Waals surface area contributed by atoms with Crippen LogP contribution in [0.1, 0.15) is 32.1 Å². The molecular formula is C22H28O6. The van der Waals surface area contributed by atoms with Crippen molar-refractivity contribution in [3.05, 3.63) is 54.6 Å². The zero-order chi connectivity index (χ0) is 20.4. The second kappa shape index (κ2) is 11.4. The Kier molecular flexibility index (Phi) is 8.91. The van der Waals surface area contributed by atoms with E-state index in [1.165, 1.54) is 0 Å². The predicted octanol–water partition coefficient (Wildman–Crippen LogP) is 2.75. The molecule has 0 bridgehead atoms. The van der Waals surface area contributed by atoms with Crippen molar-refractivity contribution in [3.8, 4) is 5.75 Å². The fourth-order valence-electron chi connectivity index (χ4n) is 3.27. The van der Waals surface area contributed by atoms with E-state index >= 15 is 0 Å². The topological polar surface area (TPSA) is 104 Å². The minimum absolute atomic E-state index is 0.0378. The summed E-state index contributed by atoms with van der Waals surface area (Å²) in [7, 11) is 0. The molecular weight excluding hydrogens is 360 g/mol. The van der Waals surface area contributed by atoms with Crippen LogP contribution in [0, 0.1) is 11.8 Å². The molecule has 1 aliphatic carbocycles. The summed E-state index contributed by atoms with van der Waals surface area (Å²) in [6.45, 7) is 0.0815. The predicted molar refractivity (Wildman–Crippen MR) is 105 cm³/mol. The Bertz CT molecular complexity index is 682. The van der Waals surface area contributed by atoms with E-state index in [1.807, 2.05) is 30.4 Å². The number of aliphatic hydroxyl groups is 2. The molecule has 1 fully saturated rings. The molecule has 6 nitrogen and oxygen atoms in total. The summed E-state index contributed by atoms with van der Waals surface area (Å²) in [5.74, 6) is -0.866. The molecule has 0 amide bonds. The summed E-state index contributed by atoms with van der Waals surface area (Å²) in [5.41, 5.74) is 0. The zero-order valence-electron chi connectivity index (χ0n) is 15.8. The summed E-state index contributed by atoms with van der Waals surface area (Å²) in [4.78, 5) is 22.7. The van der Waals surface area contributed by atoms with Gasteiger partial charge in [-0.05, 0) is 31.4 Å². The molecule has 6 heteroatoms. The van der Waals surface area contributed by atoms with E-state index in [2.05, 4.69) is 0 Å².